The minimum absolute atomic E-state index is 0.0428. The van der Waals surface area contributed by atoms with E-state index >= 15 is 0 Å². The number of hydrogen-bond acceptors (Lipinski definition) is 4. The lowest BCUT2D eigenvalue weighted by atomic mass is 10.1. The number of hydrogen-bond donors (Lipinski definition) is 0. The molecular formula is C25H24ClN3O3. The molecule has 1 aromatic heterocycles. The molecule has 1 aliphatic rings. The molecule has 2 amide bonds. The van der Waals surface area contributed by atoms with Crippen molar-refractivity contribution < 1.29 is 14.3 Å². The highest BCUT2D eigenvalue weighted by Crippen LogP contribution is 2.26. The first kappa shape index (κ1) is 21.8. The Morgan fingerprint density at radius 1 is 0.844 bits per heavy atom. The molecule has 1 saturated heterocycles. The Labute approximate surface area is 192 Å². The number of carbonyl (C=O) groups excluding carboxylic acids is 2. The summed E-state index contributed by atoms with van der Waals surface area (Å²) in [5.74, 6) is 0.406. The second-order valence-electron chi connectivity index (χ2n) is 7.57. The van der Waals surface area contributed by atoms with Gasteiger partial charge in [-0.1, -0.05) is 41.9 Å². The van der Waals surface area contributed by atoms with Crippen LogP contribution in [0.1, 0.15) is 28.4 Å². The van der Waals surface area contributed by atoms with Gasteiger partial charge in [-0.25, -0.2) is 0 Å². The number of pyridine rings is 1. The van der Waals surface area contributed by atoms with Gasteiger partial charge in [-0.3, -0.25) is 14.6 Å². The summed E-state index contributed by atoms with van der Waals surface area (Å²) >= 11 is 5.98. The van der Waals surface area contributed by atoms with E-state index < -0.39 is 6.10 Å². The Kier molecular flexibility index (Phi) is 7.02. The van der Waals surface area contributed by atoms with Crippen LogP contribution in [0.5, 0.6) is 5.75 Å². The van der Waals surface area contributed by atoms with Crippen molar-refractivity contribution in [1.29, 1.82) is 0 Å². The third-order valence-electron chi connectivity index (χ3n) is 5.42. The second-order valence-corrected chi connectivity index (χ2v) is 8.01. The molecule has 2 aromatic carbocycles. The van der Waals surface area contributed by atoms with Crippen LogP contribution in [0.25, 0.3) is 0 Å². The fraction of sp³-hybridized carbons (Fsp3) is 0.240. The van der Waals surface area contributed by atoms with E-state index in [1.165, 1.54) is 0 Å². The molecule has 0 saturated carbocycles. The van der Waals surface area contributed by atoms with Crippen molar-refractivity contribution in [3.05, 3.63) is 95.3 Å². The number of ether oxygens (including phenoxy) is 1. The van der Waals surface area contributed by atoms with Gasteiger partial charge >= 0.3 is 0 Å². The Morgan fingerprint density at radius 3 is 2.22 bits per heavy atom. The number of carbonyl (C=O) groups is 2. The molecule has 1 unspecified atom stereocenters. The van der Waals surface area contributed by atoms with Crippen molar-refractivity contribution in [3.63, 3.8) is 0 Å². The molecule has 1 atom stereocenters. The van der Waals surface area contributed by atoms with Crippen molar-refractivity contribution in [2.24, 2.45) is 0 Å². The van der Waals surface area contributed by atoms with Gasteiger partial charge in [-0.2, -0.15) is 0 Å². The summed E-state index contributed by atoms with van der Waals surface area (Å²) < 4.78 is 6.12. The van der Waals surface area contributed by atoms with Crippen molar-refractivity contribution in [3.8, 4) is 5.75 Å². The van der Waals surface area contributed by atoms with Gasteiger partial charge in [0.05, 0.1) is 0 Å². The minimum atomic E-state index is -0.778. The first-order valence-electron chi connectivity index (χ1n) is 10.6. The van der Waals surface area contributed by atoms with Gasteiger partial charge in [0.25, 0.3) is 11.8 Å². The summed E-state index contributed by atoms with van der Waals surface area (Å²) in [7, 11) is 0. The molecule has 0 bridgehead atoms. The van der Waals surface area contributed by atoms with Gasteiger partial charge in [0, 0.05) is 54.7 Å². The maximum atomic E-state index is 13.5. The molecule has 3 aromatic rings. The smallest absolute Gasteiger partial charge is 0.268 e. The standard InChI is InChI=1S/C25H24ClN3O3/c26-21-7-9-22(10-8-21)32-23(19-5-2-1-3-6-19)25(31)29-16-4-15-28(17-18-29)24(30)20-11-13-27-14-12-20/h1-3,5-14,23H,4,15-18H2. The van der Waals surface area contributed by atoms with Crippen molar-refractivity contribution in [2.45, 2.75) is 12.5 Å². The largest absolute Gasteiger partial charge is 0.476 e. The Hall–Kier alpha value is -3.38. The average molecular weight is 450 g/mol. The van der Waals surface area contributed by atoms with E-state index in [0.717, 1.165) is 5.56 Å². The quantitative estimate of drug-likeness (QED) is 0.584. The zero-order valence-corrected chi connectivity index (χ0v) is 18.3. The molecule has 0 radical (unpaired) electrons. The Balaban J connectivity index is 1.49. The average Bonchev–Trinajstić information content (AvgIpc) is 3.10. The van der Waals surface area contributed by atoms with Crippen LogP contribution < -0.4 is 4.74 Å². The van der Waals surface area contributed by atoms with E-state index in [4.69, 9.17) is 16.3 Å². The lowest BCUT2D eigenvalue weighted by molar-refractivity contribution is -0.139. The van der Waals surface area contributed by atoms with E-state index in [2.05, 4.69) is 4.98 Å². The molecule has 0 N–H and O–H groups in total. The fourth-order valence-corrected chi connectivity index (χ4v) is 3.85. The van der Waals surface area contributed by atoms with Gasteiger partial charge in [0.15, 0.2) is 0 Å². The van der Waals surface area contributed by atoms with Crippen LogP contribution in [-0.4, -0.2) is 52.8 Å². The van der Waals surface area contributed by atoms with Crippen LogP contribution >= 0.6 is 11.6 Å². The van der Waals surface area contributed by atoms with Crippen molar-refractivity contribution in [1.82, 2.24) is 14.8 Å². The summed E-state index contributed by atoms with van der Waals surface area (Å²) in [5.41, 5.74) is 1.38. The van der Waals surface area contributed by atoms with Crippen LogP contribution in [0.3, 0.4) is 0 Å². The molecule has 0 spiro atoms. The van der Waals surface area contributed by atoms with Gasteiger partial charge in [-0.15, -0.1) is 0 Å². The molecule has 6 nitrogen and oxygen atoms in total. The molecule has 4 rings (SSSR count). The highest BCUT2D eigenvalue weighted by molar-refractivity contribution is 6.30. The zero-order chi connectivity index (χ0) is 22.3. The van der Waals surface area contributed by atoms with E-state index in [1.54, 1.807) is 58.6 Å². The third kappa shape index (κ3) is 5.26. The molecule has 1 aliphatic heterocycles. The normalized spacial score (nSPS) is 15.0. The van der Waals surface area contributed by atoms with Crippen LogP contribution in [-0.2, 0) is 4.79 Å². The number of aromatic nitrogens is 1. The van der Waals surface area contributed by atoms with Crippen molar-refractivity contribution >= 4 is 23.4 Å². The third-order valence-corrected chi connectivity index (χ3v) is 5.67. The second kappa shape index (κ2) is 10.3. The highest BCUT2D eigenvalue weighted by Gasteiger charge is 2.30. The van der Waals surface area contributed by atoms with Crippen LogP contribution in [0, 0.1) is 0 Å². The summed E-state index contributed by atoms with van der Waals surface area (Å²) in [6.45, 7) is 2.07. The maximum absolute atomic E-state index is 13.5. The minimum Gasteiger partial charge on any atom is -0.476 e. The van der Waals surface area contributed by atoms with E-state index in [9.17, 15) is 9.59 Å². The molecule has 32 heavy (non-hydrogen) atoms. The van der Waals surface area contributed by atoms with Gasteiger partial charge in [0.2, 0.25) is 6.10 Å². The SMILES string of the molecule is O=C(c1ccncc1)N1CCCN(C(=O)C(Oc2ccc(Cl)cc2)c2ccccc2)CC1. The maximum Gasteiger partial charge on any atom is 0.268 e. The van der Waals surface area contributed by atoms with Gasteiger partial charge in [-0.05, 0) is 42.8 Å². The summed E-state index contributed by atoms with van der Waals surface area (Å²) in [4.78, 5) is 33.9. The Morgan fingerprint density at radius 2 is 1.50 bits per heavy atom. The zero-order valence-electron chi connectivity index (χ0n) is 17.6. The lowest BCUT2D eigenvalue weighted by Crippen LogP contribution is -2.40. The number of halogens is 1. The topological polar surface area (TPSA) is 62.7 Å². The van der Waals surface area contributed by atoms with E-state index in [1.807, 2.05) is 30.3 Å². The van der Waals surface area contributed by atoms with Crippen LogP contribution in [0.15, 0.2) is 79.1 Å². The first-order chi connectivity index (χ1) is 15.6. The van der Waals surface area contributed by atoms with Crippen LogP contribution in [0.2, 0.25) is 5.02 Å². The first-order valence-corrected chi connectivity index (χ1v) is 10.9. The molecule has 164 valence electrons. The number of benzene rings is 2. The fourth-order valence-electron chi connectivity index (χ4n) is 3.72. The van der Waals surface area contributed by atoms with Gasteiger partial charge in [0.1, 0.15) is 5.75 Å². The number of amides is 2. The molecular weight excluding hydrogens is 426 g/mol. The van der Waals surface area contributed by atoms with E-state index in [0.29, 0.717) is 48.9 Å². The number of nitrogens with zero attached hydrogens (tertiary/aromatic N) is 3. The predicted octanol–water partition coefficient (Wildman–Crippen LogP) is 4.23. The molecule has 1 fully saturated rings. The summed E-state index contributed by atoms with van der Waals surface area (Å²) in [5, 5.41) is 0.603. The van der Waals surface area contributed by atoms with Crippen LogP contribution in [0.4, 0.5) is 0 Å². The monoisotopic (exact) mass is 449 g/mol. The highest BCUT2D eigenvalue weighted by atomic mass is 35.5. The predicted molar refractivity (Wildman–Crippen MR) is 123 cm³/mol. The van der Waals surface area contributed by atoms with E-state index in [-0.39, 0.29) is 11.8 Å². The summed E-state index contributed by atoms with van der Waals surface area (Å²) in [6, 6.07) is 19.8. The molecule has 7 heteroatoms. The lowest BCUT2D eigenvalue weighted by Gasteiger charge is -2.27. The Bertz CT molecular complexity index is 1050. The molecule has 2 heterocycles. The number of rotatable bonds is 5. The van der Waals surface area contributed by atoms with Gasteiger partial charge < -0.3 is 14.5 Å². The molecule has 0 aliphatic carbocycles. The van der Waals surface area contributed by atoms with Crippen molar-refractivity contribution in [2.75, 3.05) is 26.2 Å². The summed E-state index contributed by atoms with van der Waals surface area (Å²) in [6.07, 6.45) is 3.14.